The highest BCUT2D eigenvalue weighted by Crippen LogP contribution is 2.20. The van der Waals surface area contributed by atoms with Crippen molar-refractivity contribution in [1.82, 2.24) is 4.90 Å². The zero-order valence-corrected chi connectivity index (χ0v) is 16.0. The number of nitrogens with zero attached hydrogens (tertiary/aromatic N) is 1. The van der Waals surface area contributed by atoms with Crippen LogP contribution in [0.5, 0.6) is 0 Å². The van der Waals surface area contributed by atoms with Crippen molar-refractivity contribution in [2.75, 3.05) is 6.61 Å². The van der Waals surface area contributed by atoms with E-state index in [1.54, 1.807) is 6.92 Å². The Morgan fingerprint density at radius 1 is 1.29 bits per heavy atom. The van der Waals surface area contributed by atoms with Gasteiger partial charge in [-0.25, -0.2) is 9.69 Å². The van der Waals surface area contributed by atoms with Crippen molar-refractivity contribution in [2.45, 2.75) is 51.5 Å². The van der Waals surface area contributed by atoms with E-state index in [4.69, 9.17) is 4.74 Å². The van der Waals surface area contributed by atoms with Gasteiger partial charge < -0.3 is 4.74 Å². The number of rotatable bonds is 6. The Labute approximate surface area is 145 Å². The Morgan fingerprint density at radius 2 is 1.96 bits per heavy atom. The average Bonchev–Trinajstić information content (AvgIpc) is 2.87. The minimum atomic E-state index is -1.13. The molecule has 1 atom stereocenters. The molecule has 4 nitrogen and oxygen atoms in total. The fourth-order valence-electron chi connectivity index (χ4n) is 2.74. The molecule has 1 saturated heterocycles. The SMILES string of the molecule is CC(=CCC[Si](C)(C)C)C(=O)N1C(=O)OC[C@H]1Cc1ccccc1. The van der Waals surface area contributed by atoms with E-state index in [2.05, 4.69) is 19.6 Å². The standard InChI is InChI=1S/C19H27NO3Si/c1-15(9-8-12-24(2,3)4)18(21)20-17(14-23-19(20)22)13-16-10-6-5-7-11-16/h5-7,9-11,17H,8,12-14H2,1-4H3/t17-/m1/s1. The van der Waals surface area contributed by atoms with Crippen molar-refractivity contribution < 1.29 is 14.3 Å². The molecule has 1 fully saturated rings. The van der Waals surface area contributed by atoms with Crippen LogP contribution >= 0.6 is 0 Å². The number of carbonyl (C=O) groups excluding carboxylic acids is 2. The highest BCUT2D eigenvalue weighted by molar-refractivity contribution is 6.76. The predicted molar refractivity (Wildman–Crippen MR) is 98.7 cm³/mol. The smallest absolute Gasteiger partial charge is 0.417 e. The van der Waals surface area contributed by atoms with Crippen LogP contribution in [0.25, 0.3) is 0 Å². The molecule has 0 radical (unpaired) electrons. The minimum absolute atomic E-state index is 0.228. The third-order valence-electron chi connectivity index (χ3n) is 4.18. The van der Waals surface area contributed by atoms with E-state index < -0.39 is 14.2 Å². The first kappa shape index (κ1) is 18.5. The number of imide groups is 1. The Morgan fingerprint density at radius 3 is 2.58 bits per heavy atom. The summed E-state index contributed by atoms with van der Waals surface area (Å²) >= 11 is 0. The van der Waals surface area contributed by atoms with Crippen LogP contribution < -0.4 is 0 Å². The molecule has 0 N–H and O–H groups in total. The van der Waals surface area contributed by atoms with Crippen molar-refractivity contribution in [3.8, 4) is 0 Å². The maximum atomic E-state index is 12.7. The monoisotopic (exact) mass is 345 g/mol. The molecule has 5 heteroatoms. The molecule has 0 aromatic heterocycles. The second kappa shape index (κ2) is 7.79. The summed E-state index contributed by atoms with van der Waals surface area (Å²) in [5, 5.41) is 0. The Kier molecular flexibility index (Phi) is 5.99. The summed E-state index contributed by atoms with van der Waals surface area (Å²) in [6, 6.07) is 10.8. The first-order valence-electron chi connectivity index (χ1n) is 8.49. The predicted octanol–water partition coefficient (Wildman–Crippen LogP) is 4.25. The molecular formula is C19H27NO3Si. The van der Waals surface area contributed by atoms with Gasteiger partial charge in [-0.1, -0.05) is 62.1 Å². The number of carbonyl (C=O) groups is 2. The lowest BCUT2D eigenvalue weighted by Crippen LogP contribution is -2.40. The van der Waals surface area contributed by atoms with Gasteiger partial charge in [0, 0.05) is 13.6 Å². The van der Waals surface area contributed by atoms with Gasteiger partial charge in [0.2, 0.25) is 0 Å². The Bertz CT molecular complexity index is 619. The third kappa shape index (κ3) is 5.06. The molecule has 24 heavy (non-hydrogen) atoms. The van der Waals surface area contributed by atoms with Crippen molar-refractivity contribution >= 4 is 20.1 Å². The summed E-state index contributed by atoms with van der Waals surface area (Å²) < 4.78 is 5.13. The highest BCUT2D eigenvalue weighted by Gasteiger charge is 2.38. The lowest BCUT2D eigenvalue weighted by Gasteiger charge is -2.20. The van der Waals surface area contributed by atoms with Gasteiger partial charge in [-0.2, -0.15) is 0 Å². The number of ether oxygens (including phenoxy) is 1. The van der Waals surface area contributed by atoms with Crippen molar-refractivity contribution in [3.63, 3.8) is 0 Å². The number of hydrogen-bond acceptors (Lipinski definition) is 3. The molecule has 2 amide bonds. The molecule has 0 unspecified atom stereocenters. The fourth-order valence-corrected chi connectivity index (χ4v) is 3.76. The normalized spacial score (nSPS) is 18.7. The van der Waals surface area contributed by atoms with Crippen molar-refractivity contribution in [3.05, 3.63) is 47.5 Å². The lowest BCUT2D eigenvalue weighted by molar-refractivity contribution is -0.125. The quantitative estimate of drug-likeness (QED) is 0.572. The van der Waals surface area contributed by atoms with Crippen LogP contribution in [0.3, 0.4) is 0 Å². The van der Waals surface area contributed by atoms with Crippen LogP contribution in [0.4, 0.5) is 4.79 Å². The van der Waals surface area contributed by atoms with Crippen LogP contribution in [0.2, 0.25) is 25.7 Å². The Balaban J connectivity index is 2.04. The number of hydrogen-bond donors (Lipinski definition) is 0. The van der Waals surface area contributed by atoms with Gasteiger partial charge >= 0.3 is 6.09 Å². The molecule has 1 aliphatic heterocycles. The van der Waals surface area contributed by atoms with E-state index in [9.17, 15) is 9.59 Å². The van der Waals surface area contributed by atoms with Crippen LogP contribution in [0.15, 0.2) is 42.0 Å². The molecule has 1 aromatic rings. The molecule has 0 saturated carbocycles. The zero-order valence-electron chi connectivity index (χ0n) is 15.0. The molecule has 130 valence electrons. The first-order chi connectivity index (χ1) is 11.3. The number of cyclic esters (lactones) is 1. The van der Waals surface area contributed by atoms with Gasteiger partial charge in [-0.3, -0.25) is 4.79 Å². The number of benzene rings is 1. The van der Waals surface area contributed by atoms with Crippen molar-refractivity contribution in [2.24, 2.45) is 0 Å². The van der Waals surface area contributed by atoms with Crippen LogP contribution in [0, 0.1) is 0 Å². The van der Waals surface area contributed by atoms with Crippen LogP contribution in [0.1, 0.15) is 18.9 Å². The van der Waals surface area contributed by atoms with Crippen molar-refractivity contribution in [1.29, 1.82) is 0 Å². The maximum Gasteiger partial charge on any atom is 0.417 e. The van der Waals surface area contributed by atoms with Gasteiger partial charge in [0.15, 0.2) is 0 Å². The fraction of sp³-hybridized carbons (Fsp3) is 0.474. The van der Waals surface area contributed by atoms with E-state index in [-0.39, 0.29) is 18.6 Å². The second-order valence-corrected chi connectivity index (χ2v) is 13.2. The van der Waals surface area contributed by atoms with Gasteiger partial charge in [-0.05, 0) is 25.3 Å². The zero-order chi connectivity index (χ0) is 17.7. The molecule has 2 rings (SSSR count). The first-order valence-corrected chi connectivity index (χ1v) is 12.2. The van der Waals surface area contributed by atoms with E-state index >= 15 is 0 Å². The molecule has 0 bridgehead atoms. The molecule has 1 aromatic carbocycles. The van der Waals surface area contributed by atoms with Gasteiger partial charge in [0.1, 0.15) is 6.61 Å². The molecule has 0 aliphatic carbocycles. The average molecular weight is 346 g/mol. The summed E-state index contributed by atoms with van der Waals surface area (Å²) in [5.74, 6) is -0.228. The van der Waals surface area contributed by atoms with E-state index in [1.165, 1.54) is 4.90 Å². The largest absolute Gasteiger partial charge is 0.447 e. The molecular weight excluding hydrogens is 318 g/mol. The van der Waals surface area contributed by atoms with E-state index in [0.29, 0.717) is 12.0 Å². The van der Waals surface area contributed by atoms with Crippen LogP contribution in [-0.4, -0.2) is 37.6 Å². The van der Waals surface area contributed by atoms with Gasteiger partial charge in [0.05, 0.1) is 6.04 Å². The minimum Gasteiger partial charge on any atom is -0.447 e. The maximum absolute atomic E-state index is 12.7. The summed E-state index contributed by atoms with van der Waals surface area (Å²) in [6.45, 7) is 8.99. The topological polar surface area (TPSA) is 46.6 Å². The van der Waals surface area contributed by atoms with E-state index in [1.807, 2.05) is 36.4 Å². The summed E-state index contributed by atoms with van der Waals surface area (Å²) in [7, 11) is -1.13. The number of amides is 2. The summed E-state index contributed by atoms with van der Waals surface area (Å²) in [5.41, 5.74) is 1.73. The Hall–Kier alpha value is -1.88. The van der Waals surface area contributed by atoms with Gasteiger partial charge in [0.25, 0.3) is 5.91 Å². The number of allylic oxidation sites excluding steroid dienone is 1. The molecule has 0 spiro atoms. The second-order valence-electron chi connectivity index (χ2n) is 7.58. The highest BCUT2D eigenvalue weighted by atomic mass is 28.3. The molecule has 1 heterocycles. The summed E-state index contributed by atoms with van der Waals surface area (Å²) in [4.78, 5) is 26.0. The molecule has 1 aliphatic rings. The third-order valence-corrected chi connectivity index (χ3v) is 5.96. The van der Waals surface area contributed by atoms with E-state index in [0.717, 1.165) is 18.0 Å². The van der Waals surface area contributed by atoms with Crippen LogP contribution in [-0.2, 0) is 16.0 Å². The lowest BCUT2D eigenvalue weighted by atomic mass is 10.1. The van der Waals surface area contributed by atoms with Gasteiger partial charge in [-0.15, -0.1) is 0 Å². The summed E-state index contributed by atoms with van der Waals surface area (Å²) in [6.07, 6.45) is 2.95.